The Hall–Kier alpha value is -2.58. The number of pyridine rings is 1. The SMILES string of the molecule is Cn1cc(-c2cnc(OCC3CC3)c(Cl)c2)c2ccc(C(=O)NS(C)(=O)=O)cc21. The average molecular weight is 434 g/mol. The molecule has 9 heteroatoms. The maximum absolute atomic E-state index is 12.1. The monoisotopic (exact) mass is 433 g/mol. The lowest BCUT2D eigenvalue weighted by Gasteiger charge is -2.08. The van der Waals surface area contributed by atoms with Crippen molar-refractivity contribution >= 4 is 38.4 Å². The van der Waals surface area contributed by atoms with Crippen LogP contribution in [0.5, 0.6) is 5.88 Å². The minimum atomic E-state index is -3.63. The van der Waals surface area contributed by atoms with Gasteiger partial charge >= 0.3 is 0 Å². The summed E-state index contributed by atoms with van der Waals surface area (Å²) in [6, 6.07) is 6.85. The number of halogens is 1. The third-order valence-corrected chi connectivity index (χ3v) is 5.63. The molecule has 1 aliphatic carbocycles. The molecule has 4 rings (SSSR count). The molecule has 1 aromatic carbocycles. The van der Waals surface area contributed by atoms with E-state index in [1.54, 1.807) is 24.4 Å². The summed E-state index contributed by atoms with van der Waals surface area (Å²) in [7, 11) is -1.78. The number of rotatable bonds is 6. The van der Waals surface area contributed by atoms with Gasteiger partial charge in [0.1, 0.15) is 5.02 Å². The normalized spacial score (nSPS) is 14.2. The quantitative estimate of drug-likeness (QED) is 0.643. The summed E-state index contributed by atoms with van der Waals surface area (Å²) in [6.07, 6.45) is 6.96. The number of carbonyl (C=O) groups excluding carboxylic acids is 1. The number of carbonyl (C=O) groups is 1. The molecule has 0 spiro atoms. The zero-order valence-electron chi connectivity index (χ0n) is 16.0. The van der Waals surface area contributed by atoms with Crippen LogP contribution in [0.25, 0.3) is 22.0 Å². The van der Waals surface area contributed by atoms with Crippen LogP contribution in [0.2, 0.25) is 5.02 Å². The van der Waals surface area contributed by atoms with E-state index in [4.69, 9.17) is 16.3 Å². The number of hydrogen-bond donors (Lipinski definition) is 1. The predicted molar refractivity (Wildman–Crippen MR) is 112 cm³/mol. The largest absolute Gasteiger partial charge is 0.476 e. The van der Waals surface area contributed by atoms with Crippen molar-refractivity contribution in [2.75, 3.05) is 12.9 Å². The first-order chi connectivity index (χ1) is 13.7. The highest BCUT2D eigenvalue weighted by molar-refractivity contribution is 7.89. The first-order valence-electron chi connectivity index (χ1n) is 9.11. The molecule has 0 aliphatic heterocycles. The van der Waals surface area contributed by atoms with Crippen LogP contribution in [-0.2, 0) is 17.1 Å². The van der Waals surface area contributed by atoms with E-state index in [9.17, 15) is 13.2 Å². The highest BCUT2D eigenvalue weighted by Crippen LogP contribution is 2.35. The Bertz CT molecular complexity index is 1220. The van der Waals surface area contributed by atoms with Crippen LogP contribution >= 0.6 is 11.6 Å². The van der Waals surface area contributed by atoms with E-state index in [-0.39, 0.29) is 5.56 Å². The lowest BCUT2D eigenvalue weighted by molar-refractivity contribution is 0.0982. The number of ether oxygens (including phenoxy) is 1. The van der Waals surface area contributed by atoms with Gasteiger partial charge < -0.3 is 9.30 Å². The van der Waals surface area contributed by atoms with Gasteiger partial charge in [-0.05, 0) is 37.0 Å². The molecular weight excluding hydrogens is 414 g/mol. The molecule has 0 unspecified atom stereocenters. The van der Waals surface area contributed by atoms with Crippen LogP contribution in [0.1, 0.15) is 23.2 Å². The summed E-state index contributed by atoms with van der Waals surface area (Å²) in [5.74, 6) is 0.376. The fourth-order valence-corrected chi connectivity index (χ4v) is 3.82. The Morgan fingerprint density at radius 3 is 2.76 bits per heavy atom. The van der Waals surface area contributed by atoms with Crippen molar-refractivity contribution in [2.45, 2.75) is 12.8 Å². The molecule has 1 saturated carbocycles. The first-order valence-corrected chi connectivity index (χ1v) is 11.4. The smallest absolute Gasteiger partial charge is 0.264 e. The molecule has 1 amide bonds. The van der Waals surface area contributed by atoms with Crippen molar-refractivity contribution < 1.29 is 17.9 Å². The van der Waals surface area contributed by atoms with E-state index < -0.39 is 15.9 Å². The Balaban J connectivity index is 1.66. The Labute approximate surface area is 173 Å². The maximum atomic E-state index is 12.1. The summed E-state index contributed by atoms with van der Waals surface area (Å²) < 4.78 is 32.2. The Kier molecular flexibility index (Phi) is 5.00. The van der Waals surface area contributed by atoms with E-state index >= 15 is 0 Å². The number of amides is 1. The Morgan fingerprint density at radius 2 is 2.10 bits per heavy atom. The lowest BCUT2D eigenvalue weighted by atomic mass is 10.0. The molecule has 2 heterocycles. The van der Waals surface area contributed by atoms with E-state index in [0.29, 0.717) is 23.4 Å². The van der Waals surface area contributed by atoms with Crippen molar-refractivity contribution in [2.24, 2.45) is 13.0 Å². The molecule has 152 valence electrons. The molecule has 0 bridgehead atoms. The fraction of sp³-hybridized carbons (Fsp3) is 0.300. The molecule has 0 atom stereocenters. The topological polar surface area (TPSA) is 90.3 Å². The zero-order chi connectivity index (χ0) is 20.8. The van der Waals surface area contributed by atoms with Gasteiger partial charge in [0.05, 0.1) is 12.9 Å². The summed E-state index contributed by atoms with van der Waals surface area (Å²) >= 11 is 6.37. The molecule has 3 aromatic rings. The minimum Gasteiger partial charge on any atom is -0.476 e. The Morgan fingerprint density at radius 1 is 1.34 bits per heavy atom. The second-order valence-corrected chi connectivity index (χ2v) is 9.51. The van der Waals surface area contributed by atoms with Crippen LogP contribution in [0.15, 0.2) is 36.7 Å². The van der Waals surface area contributed by atoms with Gasteiger partial charge in [-0.2, -0.15) is 0 Å². The number of aromatic nitrogens is 2. The molecule has 0 saturated heterocycles. The van der Waals surface area contributed by atoms with Gasteiger partial charge in [0.25, 0.3) is 5.91 Å². The molecule has 0 radical (unpaired) electrons. The zero-order valence-corrected chi connectivity index (χ0v) is 17.5. The first kappa shape index (κ1) is 19.7. The summed E-state index contributed by atoms with van der Waals surface area (Å²) in [6.45, 7) is 0.638. The molecule has 1 aliphatic rings. The van der Waals surface area contributed by atoms with Crippen molar-refractivity contribution in [3.05, 3.63) is 47.2 Å². The second kappa shape index (κ2) is 7.35. The number of nitrogens with one attached hydrogen (secondary N) is 1. The number of aryl methyl sites for hydroxylation is 1. The van der Waals surface area contributed by atoms with Crippen LogP contribution in [-0.4, -0.2) is 36.7 Å². The standard InChI is InChI=1S/C20H20ClN3O4S/c1-24-10-16(14-7-17(21)20(22-9-14)28-11-12-3-4-12)15-6-5-13(8-18(15)24)19(25)23-29(2,26)27/h5-10,12H,3-4,11H2,1-2H3,(H,23,25). The van der Waals surface area contributed by atoms with Crippen LogP contribution in [0, 0.1) is 5.92 Å². The summed E-state index contributed by atoms with van der Waals surface area (Å²) in [4.78, 5) is 16.5. The van der Waals surface area contributed by atoms with Gasteiger partial charge in [-0.1, -0.05) is 17.7 Å². The van der Waals surface area contributed by atoms with Gasteiger partial charge in [-0.15, -0.1) is 0 Å². The third-order valence-electron chi connectivity index (χ3n) is 4.80. The number of sulfonamides is 1. The minimum absolute atomic E-state index is 0.260. The molecule has 7 nitrogen and oxygen atoms in total. The van der Waals surface area contributed by atoms with Crippen molar-refractivity contribution in [1.29, 1.82) is 0 Å². The molecule has 2 aromatic heterocycles. The third kappa shape index (κ3) is 4.38. The van der Waals surface area contributed by atoms with E-state index in [2.05, 4.69) is 4.98 Å². The second-order valence-electron chi connectivity index (χ2n) is 7.35. The maximum Gasteiger partial charge on any atom is 0.264 e. The summed E-state index contributed by atoms with van der Waals surface area (Å²) in [5, 5.41) is 1.34. The van der Waals surface area contributed by atoms with Crippen molar-refractivity contribution in [3.63, 3.8) is 0 Å². The predicted octanol–water partition coefficient (Wildman–Crippen LogP) is 3.37. The van der Waals surface area contributed by atoms with Crippen LogP contribution < -0.4 is 9.46 Å². The van der Waals surface area contributed by atoms with Gasteiger partial charge in [0.15, 0.2) is 0 Å². The number of fused-ring (bicyclic) bond motifs is 1. The van der Waals surface area contributed by atoms with E-state index in [0.717, 1.165) is 28.3 Å². The van der Waals surface area contributed by atoms with Crippen LogP contribution in [0.4, 0.5) is 0 Å². The van der Waals surface area contributed by atoms with Gasteiger partial charge in [-0.3, -0.25) is 4.79 Å². The number of hydrogen-bond acceptors (Lipinski definition) is 5. The lowest BCUT2D eigenvalue weighted by Crippen LogP contribution is -2.29. The van der Waals surface area contributed by atoms with Gasteiger partial charge in [-0.25, -0.2) is 18.1 Å². The highest BCUT2D eigenvalue weighted by Gasteiger charge is 2.23. The number of benzene rings is 1. The van der Waals surface area contributed by atoms with E-state index in [1.165, 1.54) is 12.8 Å². The van der Waals surface area contributed by atoms with E-state index in [1.807, 2.05) is 28.6 Å². The molecule has 29 heavy (non-hydrogen) atoms. The fourth-order valence-electron chi connectivity index (χ4n) is 3.14. The van der Waals surface area contributed by atoms with Gasteiger partial charge in [0.2, 0.25) is 15.9 Å². The molecule has 1 N–H and O–H groups in total. The van der Waals surface area contributed by atoms with Crippen molar-refractivity contribution in [3.8, 4) is 17.0 Å². The molecular formula is C20H20ClN3O4S. The van der Waals surface area contributed by atoms with Crippen molar-refractivity contribution in [1.82, 2.24) is 14.3 Å². The van der Waals surface area contributed by atoms with Crippen LogP contribution in [0.3, 0.4) is 0 Å². The highest BCUT2D eigenvalue weighted by atomic mass is 35.5. The van der Waals surface area contributed by atoms with Gasteiger partial charge in [0, 0.05) is 47.0 Å². The molecule has 1 fully saturated rings. The number of nitrogens with zero attached hydrogens (tertiary/aromatic N) is 2. The average Bonchev–Trinajstić information content (AvgIpc) is 3.42. The summed E-state index contributed by atoms with van der Waals surface area (Å²) in [5.41, 5.74) is 2.77.